The fraction of sp³-hybridized carbons (Fsp3) is 0.462. The normalized spacial score (nSPS) is 20.2. The molecular formula is C13H18FN3O2. The van der Waals surface area contributed by atoms with E-state index in [9.17, 15) is 9.18 Å². The largest absolute Gasteiger partial charge is 0.398 e. The maximum atomic E-state index is 13.0. The van der Waals surface area contributed by atoms with Crippen LogP contribution in [0.1, 0.15) is 5.56 Å². The van der Waals surface area contributed by atoms with Gasteiger partial charge in [-0.2, -0.15) is 0 Å². The highest BCUT2D eigenvalue weighted by Gasteiger charge is 2.28. The van der Waals surface area contributed by atoms with Gasteiger partial charge in [-0.3, -0.25) is 9.69 Å². The zero-order valence-electron chi connectivity index (χ0n) is 10.9. The second-order valence-electron chi connectivity index (χ2n) is 4.52. The number of carbonyl (C=O) groups is 1. The van der Waals surface area contributed by atoms with Crippen LogP contribution in [0.4, 0.5) is 10.1 Å². The lowest BCUT2D eigenvalue weighted by atomic mass is 10.1. The van der Waals surface area contributed by atoms with Crippen LogP contribution in [-0.4, -0.2) is 43.7 Å². The van der Waals surface area contributed by atoms with Crippen molar-refractivity contribution in [2.24, 2.45) is 0 Å². The van der Waals surface area contributed by atoms with Crippen molar-refractivity contribution in [3.8, 4) is 0 Å². The summed E-state index contributed by atoms with van der Waals surface area (Å²) in [5.74, 6) is -0.438. The SMILES string of the molecule is CNC(=O)C1COCCN1Cc1ccc(F)cc1N. The molecule has 1 amide bonds. The standard InChI is InChI=1S/C13H18FN3O2/c1-16-13(18)12-8-19-5-4-17(12)7-9-2-3-10(14)6-11(9)15/h2-3,6,12H,4-5,7-8,15H2,1H3,(H,16,18). The zero-order chi connectivity index (χ0) is 13.8. The first-order valence-corrected chi connectivity index (χ1v) is 6.19. The minimum atomic E-state index is -0.355. The number of rotatable bonds is 3. The lowest BCUT2D eigenvalue weighted by molar-refractivity contribution is -0.132. The van der Waals surface area contributed by atoms with E-state index in [1.807, 2.05) is 4.90 Å². The molecule has 1 aromatic rings. The molecule has 0 saturated carbocycles. The highest BCUT2D eigenvalue weighted by atomic mass is 19.1. The van der Waals surface area contributed by atoms with E-state index in [2.05, 4.69) is 5.32 Å². The van der Waals surface area contributed by atoms with Crippen LogP contribution in [0.2, 0.25) is 0 Å². The third-order valence-electron chi connectivity index (χ3n) is 3.27. The van der Waals surface area contributed by atoms with Gasteiger partial charge in [-0.1, -0.05) is 6.07 Å². The molecule has 2 rings (SSSR count). The molecule has 0 radical (unpaired) electrons. The molecule has 1 aliphatic rings. The van der Waals surface area contributed by atoms with E-state index in [-0.39, 0.29) is 17.8 Å². The fourth-order valence-electron chi connectivity index (χ4n) is 2.16. The van der Waals surface area contributed by atoms with Gasteiger partial charge < -0.3 is 15.8 Å². The molecule has 3 N–H and O–H groups in total. The van der Waals surface area contributed by atoms with Gasteiger partial charge in [0.05, 0.1) is 13.2 Å². The molecule has 1 aliphatic heterocycles. The summed E-state index contributed by atoms with van der Waals surface area (Å²) in [5.41, 5.74) is 7.02. The summed E-state index contributed by atoms with van der Waals surface area (Å²) in [5, 5.41) is 2.62. The average molecular weight is 267 g/mol. The molecule has 19 heavy (non-hydrogen) atoms. The van der Waals surface area contributed by atoms with Crippen molar-refractivity contribution in [1.29, 1.82) is 0 Å². The lowest BCUT2D eigenvalue weighted by Gasteiger charge is -2.34. The van der Waals surface area contributed by atoms with Gasteiger partial charge in [0, 0.05) is 25.8 Å². The predicted molar refractivity (Wildman–Crippen MR) is 69.9 cm³/mol. The Morgan fingerprint density at radius 2 is 2.42 bits per heavy atom. The molecule has 1 atom stereocenters. The summed E-state index contributed by atoms with van der Waals surface area (Å²) in [4.78, 5) is 13.8. The van der Waals surface area contributed by atoms with Gasteiger partial charge in [-0.25, -0.2) is 4.39 Å². The van der Waals surface area contributed by atoms with Crippen molar-refractivity contribution in [3.05, 3.63) is 29.6 Å². The Kier molecular flexibility index (Phi) is 4.34. The second kappa shape index (κ2) is 5.99. The molecule has 0 spiro atoms. The molecular weight excluding hydrogens is 249 g/mol. The van der Waals surface area contributed by atoms with E-state index in [0.29, 0.717) is 32.0 Å². The molecule has 1 unspecified atom stereocenters. The van der Waals surface area contributed by atoms with Crippen molar-refractivity contribution < 1.29 is 13.9 Å². The Morgan fingerprint density at radius 1 is 1.63 bits per heavy atom. The predicted octanol–water partition coefficient (Wildman–Crippen LogP) is 0.355. The van der Waals surface area contributed by atoms with Crippen molar-refractivity contribution in [1.82, 2.24) is 10.2 Å². The van der Waals surface area contributed by atoms with E-state index < -0.39 is 0 Å². The third-order valence-corrected chi connectivity index (χ3v) is 3.27. The minimum Gasteiger partial charge on any atom is -0.398 e. The van der Waals surface area contributed by atoms with Crippen molar-refractivity contribution >= 4 is 11.6 Å². The number of likely N-dealkylation sites (N-methyl/N-ethyl adjacent to an activating group) is 1. The van der Waals surface area contributed by atoms with Crippen LogP contribution in [0.3, 0.4) is 0 Å². The fourth-order valence-corrected chi connectivity index (χ4v) is 2.16. The van der Waals surface area contributed by atoms with E-state index in [0.717, 1.165) is 5.56 Å². The zero-order valence-corrected chi connectivity index (χ0v) is 10.9. The van der Waals surface area contributed by atoms with Crippen molar-refractivity contribution in [3.63, 3.8) is 0 Å². The maximum absolute atomic E-state index is 13.0. The number of hydrogen-bond donors (Lipinski definition) is 2. The highest BCUT2D eigenvalue weighted by Crippen LogP contribution is 2.18. The quantitative estimate of drug-likeness (QED) is 0.776. The number of anilines is 1. The second-order valence-corrected chi connectivity index (χ2v) is 4.52. The van der Waals surface area contributed by atoms with E-state index >= 15 is 0 Å². The van der Waals surface area contributed by atoms with Gasteiger partial charge in [0.15, 0.2) is 0 Å². The summed E-state index contributed by atoms with van der Waals surface area (Å²) < 4.78 is 18.3. The number of nitrogen functional groups attached to an aromatic ring is 1. The van der Waals surface area contributed by atoms with Crippen LogP contribution in [0.15, 0.2) is 18.2 Å². The number of nitrogens with one attached hydrogen (secondary N) is 1. The van der Waals surface area contributed by atoms with Gasteiger partial charge in [-0.05, 0) is 17.7 Å². The number of ether oxygens (including phenoxy) is 1. The molecule has 1 saturated heterocycles. The maximum Gasteiger partial charge on any atom is 0.239 e. The molecule has 104 valence electrons. The summed E-state index contributed by atoms with van der Waals surface area (Å²) >= 11 is 0. The highest BCUT2D eigenvalue weighted by molar-refractivity contribution is 5.81. The molecule has 6 heteroatoms. The van der Waals surface area contributed by atoms with Crippen LogP contribution >= 0.6 is 0 Å². The van der Waals surface area contributed by atoms with Crippen molar-refractivity contribution in [2.75, 3.05) is 32.5 Å². The number of nitrogens with two attached hydrogens (primary N) is 1. The Labute approximate surface area is 111 Å². The molecule has 0 aromatic heterocycles. The van der Waals surface area contributed by atoms with Gasteiger partial charge in [-0.15, -0.1) is 0 Å². The van der Waals surface area contributed by atoms with Crippen LogP contribution in [0, 0.1) is 5.82 Å². The van der Waals surface area contributed by atoms with Crippen LogP contribution in [0.25, 0.3) is 0 Å². The third kappa shape index (κ3) is 3.21. The molecule has 1 fully saturated rings. The molecule has 1 aromatic carbocycles. The number of halogens is 1. The first-order chi connectivity index (χ1) is 9.11. The summed E-state index contributed by atoms with van der Waals surface area (Å²) in [6, 6.07) is 4.00. The van der Waals surface area contributed by atoms with Gasteiger partial charge in [0.2, 0.25) is 5.91 Å². The average Bonchev–Trinajstić information content (AvgIpc) is 2.41. The monoisotopic (exact) mass is 267 g/mol. The molecule has 0 aliphatic carbocycles. The summed E-state index contributed by atoms with van der Waals surface area (Å²) in [6.45, 7) is 2.10. The number of carbonyl (C=O) groups excluding carboxylic acids is 1. The Hall–Kier alpha value is -1.66. The van der Waals surface area contributed by atoms with Crippen LogP contribution < -0.4 is 11.1 Å². The van der Waals surface area contributed by atoms with E-state index in [1.165, 1.54) is 12.1 Å². The molecule has 1 heterocycles. The first kappa shape index (κ1) is 13.8. The van der Waals surface area contributed by atoms with Crippen molar-refractivity contribution in [2.45, 2.75) is 12.6 Å². The number of benzene rings is 1. The Balaban J connectivity index is 2.13. The number of hydrogen-bond acceptors (Lipinski definition) is 4. The van der Waals surface area contributed by atoms with Crippen LogP contribution in [0.5, 0.6) is 0 Å². The molecule has 5 nitrogen and oxygen atoms in total. The van der Waals surface area contributed by atoms with E-state index in [1.54, 1.807) is 13.1 Å². The lowest BCUT2D eigenvalue weighted by Crippen LogP contribution is -2.52. The minimum absolute atomic E-state index is 0.0830. The summed E-state index contributed by atoms with van der Waals surface area (Å²) in [7, 11) is 1.60. The number of nitrogens with zero attached hydrogens (tertiary/aromatic N) is 1. The van der Waals surface area contributed by atoms with Gasteiger partial charge in [0.25, 0.3) is 0 Å². The van der Waals surface area contributed by atoms with E-state index in [4.69, 9.17) is 10.5 Å². The number of morpholine rings is 1. The Morgan fingerprint density at radius 3 is 3.11 bits per heavy atom. The number of amides is 1. The Bertz CT molecular complexity index is 467. The topological polar surface area (TPSA) is 67.6 Å². The van der Waals surface area contributed by atoms with Gasteiger partial charge >= 0.3 is 0 Å². The first-order valence-electron chi connectivity index (χ1n) is 6.19. The summed E-state index contributed by atoms with van der Waals surface area (Å²) in [6.07, 6.45) is 0. The van der Waals surface area contributed by atoms with Crippen LogP contribution in [-0.2, 0) is 16.1 Å². The molecule has 0 bridgehead atoms. The van der Waals surface area contributed by atoms with Gasteiger partial charge in [0.1, 0.15) is 11.9 Å². The smallest absolute Gasteiger partial charge is 0.239 e.